The highest BCUT2D eigenvalue weighted by Gasteiger charge is 2.34. The number of benzene rings is 2. The summed E-state index contributed by atoms with van der Waals surface area (Å²) in [6.07, 6.45) is -1.74. The summed E-state index contributed by atoms with van der Waals surface area (Å²) in [5.74, 6) is -1.62. The highest BCUT2D eigenvalue weighted by molar-refractivity contribution is 7.92. The molecule has 0 fully saturated rings. The zero-order valence-corrected chi connectivity index (χ0v) is 19.6. The lowest BCUT2D eigenvalue weighted by Crippen LogP contribution is -2.19. The molecule has 3 N–H and O–H groups in total. The first-order valence-electron chi connectivity index (χ1n) is 10.3. The average molecular weight is 504 g/mol. The third kappa shape index (κ3) is 4.83. The fourth-order valence-corrected chi connectivity index (χ4v) is 5.40. The van der Waals surface area contributed by atoms with Gasteiger partial charge in [-0.2, -0.15) is 13.2 Å². The van der Waals surface area contributed by atoms with Crippen LogP contribution in [0.4, 0.5) is 24.5 Å². The number of anilines is 2. The van der Waals surface area contributed by atoms with Crippen LogP contribution in [0, 0.1) is 20.8 Å². The number of fused-ring (bicyclic) bond motifs is 1. The normalized spacial score (nSPS) is 12.1. The van der Waals surface area contributed by atoms with E-state index in [1.165, 1.54) is 30.6 Å². The maximum Gasteiger partial charge on any atom is 0.449 e. The summed E-state index contributed by atoms with van der Waals surface area (Å²) in [6, 6.07) is 8.67. The summed E-state index contributed by atoms with van der Waals surface area (Å²) in [5, 5.41) is 2.75. The Bertz CT molecular complexity index is 1550. The number of aryl methyl sites for hydroxylation is 2. The van der Waals surface area contributed by atoms with E-state index in [9.17, 15) is 26.4 Å². The zero-order valence-electron chi connectivity index (χ0n) is 18.8. The van der Waals surface area contributed by atoms with Gasteiger partial charge in [0.2, 0.25) is 5.82 Å². The summed E-state index contributed by atoms with van der Waals surface area (Å²) in [4.78, 5) is 22.1. The second-order valence-corrected chi connectivity index (χ2v) is 9.58. The van der Waals surface area contributed by atoms with Gasteiger partial charge in [-0.25, -0.2) is 13.4 Å². The van der Waals surface area contributed by atoms with Crippen molar-refractivity contribution < 1.29 is 26.4 Å². The molecule has 4 aromatic rings. The summed E-state index contributed by atoms with van der Waals surface area (Å²) in [6.45, 7) is 4.93. The molecule has 0 aliphatic heterocycles. The number of H-pyrrole nitrogens is 1. The van der Waals surface area contributed by atoms with Crippen LogP contribution in [0.2, 0.25) is 0 Å². The number of alkyl halides is 3. The number of aromatic nitrogens is 3. The van der Waals surface area contributed by atoms with Crippen LogP contribution < -0.4 is 10.0 Å². The third-order valence-corrected chi connectivity index (χ3v) is 7.00. The molecule has 0 bridgehead atoms. The molecule has 12 heteroatoms. The molecule has 0 atom stereocenters. The number of hydrogen-bond acceptors (Lipinski definition) is 5. The molecular weight excluding hydrogens is 483 g/mol. The molecule has 4 rings (SSSR count). The van der Waals surface area contributed by atoms with E-state index >= 15 is 0 Å². The molecule has 35 heavy (non-hydrogen) atoms. The Hall–Kier alpha value is -3.93. The predicted octanol–water partition coefficient (Wildman–Crippen LogP) is 4.96. The minimum atomic E-state index is -4.66. The van der Waals surface area contributed by atoms with Crippen LogP contribution in [0.5, 0.6) is 0 Å². The number of halogens is 3. The second kappa shape index (κ2) is 8.69. The van der Waals surface area contributed by atoms with Crippen LogP contribution >= 0.6 is 0 Å². The monoisotopic (exact) mass is 503 g/mol. The van der Waals surface area contributed by atoms with Crippen LogP contribution in [-0.4, -0.2) is 29.3 Å². The van der Waals surface area contributed by atoms with Crippen molar-refractivity contribution in [2.45, 2.75) is 31.8 Å². The third-order valence-electron chi connectivity index (χ3n) is 5.33. The van der Waals surface area contributed by atoms with Crippen molar-refractivity contribution in [3.63, 3.8) is 0 Å². The molecule has 0 aliphatic carbocycles. The first kappa shape index (κ1) is 24.2. The van der Waals surface area contributed by atoms with Gasteiger partial charge in [0.25, 0.3) is 15.9 Å². The number of nitrogens with zero attached hydrogens (tertiary/aromatic N) is 2. The van der Waals surface area contributed by atoms with E-state index in [4.69, 9.17) is 0 Å². The van der Waals surface area contributed by atoms with Gasteiger partial charge in [0.1, 0.15) is 0 Å². The van der Waals surface area contributed by atoms with Crippen molar-refractivity contribution >= 4 is 38.3 Å². The van der Waals surface area contributed by atoms with Gasteiger partial charge in [0.05, 0.1) is 27.2 Å². The number of hydrogen-bond donors (Lipinski definition) is 3. The molecule has 0 spiro atoms. The number of carbonyl (C=O) groups is 1. The molecule has 0 saturated carbocycles. The van der Waals surface area contributed by atoms with Crippen LogP contribution in [0.25, 0.3) is 11.0 Å². The number of pyridine rings is 1. The maximum absolute atomic E-state index is 13.3. The Morgan fingerprint density at radius 2 is 1.80 bits per heavy atom. The minimum absolute atomic E-state index is 0.0271. The predicted molar refractivity (Wildman–Crippen MR) is 125 cm³/mol. The van der Waals surface area contributed by atoms with E-state index in [0.29, 0.717) is 27.9 Å². The van der Waals surface area contributed by atoms with E-state index in [2.05, 4.69) is 25.0 Å². The number of amides is 1. The maximum atomic E-state index is 13.3. The number of aromatic amines is 1. The highest BCUT2D eigenvalue weighted by Crippen LogP contribution is 2.33. The minimum Gasteiger partial charge on any atom is -0.334 e. The van der Waals surface area contributed by atoms with Gasteiger partial charge >= 0.3 is 6.18 Å². The standard InChI is InChI=1S/C23H20F3N5O3S/c1-12-9-13(2)20(14(3)19(12)30-21(32)15-5-4-8-27-11-15)35(33,34)31-16-6-7-17-18(10-16)29-22(28-17)23(24,25)26/h4-11,31H,1-3H3,(H,28,29)(H,30,32). The molecule has 0 radical (unpaired) electrons. The van der Waals surface area contributed by atoms with Crippen molar-refractivity contribution in [2.75, 3.05) is 10.0 Å². The molecular formula is C23H20F3N5O3S. The Balaban J connectivity index is 1.69. The quantitative estimate of drug-likeness (QED) is 0.356. The largest absolute Gasteiger partial charge is 0.449 e. The van der Waals surface area contributed by atoms with Crippen LogP contribution in [0.15, 0.2) is 53.7 Å². The van der Waals surface area contributed by atoms with Crippen LogP contribution in [-0.2, 0) is 16.2 Å². The Kier molecular flexibility index (Phi) is 6.01. The SMILES string of the molecule is Cc1cc(C)c(S(=O)(=O)Nc2ccc3nc(C(F)(F)F)[nH]c3c2)c(C)c1NC(=O)c1cccnc1. The van der Waals surface area contributed by atoms with Crippen LogP contribution in [0.1, 0.15) is 32.9 Å². The molecule has 182 valence electrons. The van der Waals surface area contributed by atoms with Crippen molar-refractivity contribution in [1.82, 2.24) is 15.0 Å². The van der Waals surface area contributed by atoms with Gasteiger partial charge in [-0.05, 0) is 67.8 Å². The molecule has 0 aliphatic rings. The number of nitrogens with one attached hydrogen (secondary N) is 3. The first-order chi connectivity index (χ1) is 16.4. The molecule has 2 aromatic heterocycles. The second-order valence-electron chi connectivity index (χ2n) is 7.96. The van der Waals surface area contributed by atoms with Crippen molar-refractivity contribution in [2.24, 2.45) is 0 Å². The van der Waals surface area contributed by atoms with E-state index in [1.807, 2.05) is 0 Å². The Morgan fingerprint density at radius 3 is 2.46 bits per heavy atom. The van der Waals surface area contributed by atoms with E-state index in [1.54, 1.807) is 39.0 Å². The van der Waals surface area contributed by atoms with E-state index < -0.39 is 27.9 Å². The number of carbonyl (C=O) groups excluding carboxylic acids is 1. The molecule has 8 nitrogen and oxygen atoms in total. The highest BCUT2D eigenvalue weighted by atomic mass is 32.2. The molecule has 0 unspecified atom stereocenters. The van der Waals surface area contributed by atoms with Gasteiger partial charge < -0.3 is 10.3 Å². The summed E-state index contributed by atoms with van der Waals surface area (Å²) in [5.41, 5.74) is 2.18. The number of imidazole rings is 1. The summed E-state index contributed by atoms with van der Waals surface area (Å²) in [7, 11) is -4.17. The fraction of sp³-hybridized carbons (Fsp3) is 0.174. The van der Waals surface area contributed by atoms with Crippen molar-refractivity contribution in [3.05, 3.63) is 76.9 Å². The zero-order chi connectivity index (χ0) is 25.5. The summed E-state index contributed by atoms with van der Waals surface area (Å²) >= 11 is 0. The smallest absolute Gasteiger partial charge is 0.334 e. The van der Waals surface area contributed by atoms with Gasteiger partial charge in [-0.1, -0.05) is 6.07 Å². The van der Waals surface area contributed by atoms with Gasteiger partial charge in [0.15, 0.2) is 0 Å². The number of sulfonamides is 1. The molecule has 2 aromatic carbocycles. The molecule has 0 saturated heterocycles. The Morgan fingerprint density at radius 1 is 1.06 bits per heavy atom. The topological polar surface area (TPSA) is 117 Å². The summed E-state index contributed by atoms with van der Waals surface area (Å²) < 4.78 is 67.9. The fourth-order valence-electron chi connectivity index (χ4n) is 3.87. The van der Waals surface area contributed by atoms with Crippen LogP contribution in [0.3, 0.4) is 0 Å². The van der Waals surface area contributed by atoms with Crippen molar-refractivity contribution in [1.29, 1.82) is 0 Å². The van der Waals surface area contributed by atoms with E-state index in [-0.39, 0.29) is 21.6 Å². The first-order valence-corrected chi connectivity index (χ1v) is 11.8. The van der Waals surface area contributed by atoms with Crippen molar-refractivity contribution in [3.8, 4) is 0 Å². The lowest BCUT2D eigenvalue weighted by atomic mass is 10.0. The average Bonchev–Trinajstić information content (AvgIpc) is 3.20. The molecule has 1 amide bonds. The molecule has 2 heterocycles. The van der Waals surface area contributed by atoms with Gasteiger partial charge in [-0.3, -0.25) is 14.5 Å². The number of rotatable bonds is 5. The van der Waals surface area contributed by atoms with Gasteiger partial charge in [0, 0.05) is 18.1 Å². The Labute approximate surface area is 198 Å². The lowest BCUT2D eigenvalue weighted by molar-refractivity contribution is -0.144. The van der Waals surface area contributed by atoms with Gasteiger partial charge in [-0.15, -0.1) is 0 Å². The lowest BCUT2D eigenvalue weighted by Gasteiger charge is -2.19. The van der Waals surface area contributed by atoms with E-state index in [0.717, 1.165) is 0 Å².